The second-order valence-corrected chi connectivity index (χ2v) is 5.51. The zero-order chi connectivity index (χ0) is 13.8. The monoisotopic (exact) mass is 273 g/mol. The van der Waals surface area contributed by atoms with Crippen LogP contribution in [-0.4, -0.2) is 41.3 Å². The minimum Gasteiger partial charge on any atom is -0.323 e. The Morgan fingerprint density at radius 1 is 1.42 bits per heavy atom. The molecule has 0 N–H and O–H groups in total. The van der Waals surface area contributed by atoms with Crippen LogP contribution in [0, 0.1) is 18.3 Å². The molecule has 104 valence electrons. The maximum absolute atomic E-state index is 13.9. The fraction of sp³-hybridized carbons (Fsp3) is 0.769. The molecule has 1 heterocycles. The largest absolute Gasteiger partial charge is 0.345 e. The van der Waals surface area contributed by atoms with Gasteiger partial charge in [-0.25, -0.2) is 4.39 Å². The Bertz CT molecular complexity index is 444. The zero-order valence-corrected chi connectivity index (χ0v) is 10.2. The van der Waals surface area contributed by atoms with E-state index in [0.717, 1.165) is 0 Å². The van der Waals surface area contributed by atoms with Crippen LogP contribution in [0.4, 0.5) is 13.2 Å². The molecule has 0 spiro atoms. The molecule has 3 fully saturated rings. The lowest BCUT2D eigenvalue weighted by Crippen LogP contribution is -2.52. The minimum absolute atomic E-state index is 0.230. The molecule has 6 heteroatoms. The molecule has 19 heavy (non-hydrogen) atoms. The summed E-state index contributed by atoms with van der Waals surface area (Å²) in [4.78, 5) is 13.5. The fourth-order valence-electron chi connectivity index (χ4n) is 3.34. The number of rotatable bonds is 3. The predicted molar refractivity (Wildman–Crippen MR) is 59.9 cm³/mol. The van der Waals surface area contributed by atoms with Crippen molar-refractivity contribution >= 4 is 5.91 Å². The summed E-state index contributed by atoms with van der Waals surface area (Å²) in [5.41, 5.74) is -1.77. The molecule has 1 aliphatic heterocycles. The molecule has 2 aliphatic carbocycles. The van der Waals surface area contributed by atoms with E-state index in [0.29, 0.717) is 12.8 Å². The number of alkyl halides is 3. The zero-order valence-electron chi connectivity index (χ0n) is 10.2. The highest BCUT2D eigenvalue weighted by Gasteiger charge is 2.61. The molecule has 2 saturated carbocycles. The molecule has 0 unspecified atom stereocenters. The number of fused-ring (bicyclic) bond motifs is 2. The molecule has 0 aromatic rings. The van der Waals surface area contributed by atoms with Crippen molar-refractivity contribution in [1.29, 1.82) is 0 Å². The summed E-state index contributed by atoms with van der Waals surface area (Å²) in [5.74, 6) is 1.56. The molecular formula is C13H14F3NO2. The van der Waals surface area contributed by atoms with E-state index in [1.807, 2.05) is 0 Å². The molecule has 0 radical (unpaired) electrons. The van der Waals surface area contributed by atoms with Gasteiger partial charge in [0.25, 0.3) is 5.91 Å². The van der Waals surface area contributed by atoms with Crippen molar-refractivity contribution in [3.63, 3.8) is 0 Å². The van der Waals surface area contributed by atoms with Gasteiger partial charge in [-0.1, -0.05) is 5.92 Å². The number of nitrogens with zero attached hydrogens (tertiary/aromatic N) is 1. The number of halogens is 3. The van der Waals surface area contributed by atoms with Gasteiger partial charge >= 0.3 is 6.61 Å². The van der Waals surface area contributed by atoms with Crippen LogP contribution in [0.2, 0.25) is 0 Å². The van der Waals surface area contributed by atoms with Crippen molar-refractivity contribution < 1.29 is 22.7 Å². The highest BCUT2D eigenvalue weighted by Crippen LogP contribution is 2.49. The number of amides is 1. The van der Waals surface area contributed by atoms with Crippen LogP contribution in [0.3, 0.4) is 0 Å². The average Bonchev–Trinajstić information content (AvgIpc) is 2.85. The van der Waals surface area contributed by atoms with Gasteiger partial charge < -0.3 is 9.64 Å². The topological polar surface area (TPSA) is 29.5 Å². The maximum atomic E-state index is 13.9. The van der Waals surface area contributed by atoms with Gasteiger partial charge in [0.15, 0.2) is 5.67 Å². The third-order valence-corrected chi connectivity index (χ3v) is 4.38. The third kappa shape index (κ3) is 1.91. The van der Waals surface area contributed by atoms with Crippen LogP contribution in [0.5, 0.6) is 0 Å². The summed E-state index contributed by atoms with van der Waals surface area (Å²) in [6, 6.07) is -0.890. The van der Waals surface area contributed by atoms with E-state index in [2.05, 4.69) is 10.7 Å². The smallest absolute Gasteiger partial charge is 0.323 e. The van der Waals surface area contributed by atoms with Gasteiger partial charge in [0.1, 0.15) is 0 Å². The Hall–Kier alpha value is -1.22. The van der Waals surface area contributed by atoms with Crippen molar-refractivity contribution in [2.75, 3.05) is 0 Å². The van der Waals surface area contributed by atoms with E-state index in [1.165, 1.54) is 4.90 Å². The number of carbonyl (C=O) groups excluding carboxylic acids is 1. The molecule has 3 aliphatic rings. The normalized spacial score (nSPS) is 38.6. The number of ether oxygens (including phenoxy) is 1. The molecule has 3 rings (SSSR count). The van der Waals surface area contributed by atoms with E-state index in [-0.39, 0.29) is 24.8 Å². The number of carbonyl (C=O) groups is 1. The van der Waals surface area contributed by atoms with Crippen LogP contribution >= 0.6 is 0 Å². The first-order valence-corrected chi connectivity index (χ1v) is 6.38. The Morgan fingerprint density at radius 3 is 2.63 bits per heavy atom. The standard InChI is InChI=1S/C13H14F3NO2/c1-2-9-8-5-7(6-10(8)19-12(14)15)17(9)11(18)13(16)3-4-13/h1,7-10,12H,3-6H2/t7-,8-,9+,10+/m1/s1. The lowest BCUT2D eigenvalue weighted by molar-refractivity contribution is -0.181. The van der Waals surface area contributed by atoms with Gasteiger partial charge in [-0.15, -0.1) is 6.42 Å². The van der Waals surface area contributed by atoms with Crippen molar-refractivity contribution in [3.05, 3.63) is 0 Å². The molecular weight excluding hydrogens is 259 g/mol. The highest BCUT2D eigenvalue weighted by molar-refractivity contribution is 5.89. The molecule has 3 nitrogen and oxygen atoms in total. The number of likely N-dealkylation sites (tertiary alicyclic amines) is 1. The molecule has 4 atom stereocenters. The van der Waals surface area contributed by atoms with Crippen LogP contribution in [0.1, 0.15) is 25.7 Å². The Labute approximate surface area is 109 Å². The van der Waals surface area contributed by atoms with Crippen LogP contribution in [0.25, 0.3) is 0 Å². The van der Waals surface area contributed by atoms with Gasteiger partial charge in [-0.2, -0.15) is 8.78 Å². The van der Waals surface area contributed by atoms with E-state index >= 15 is 0 Å². The summed E-state index contributed by atoms with van der Waals surface area (Å²) in [7, 11) is 0. The van der Waals surface area contributed by atoms with Crippen molar-refractivity contribution in [3.8, 4) is 12.3 Å². The minimum atomic E-state index is -2.84. The Morgan fingerprint density at radius 2 is 2.11 bits per heavy atom. The van der Waals surface area contributed by atoms with E-state index in [4.69, 9.17) is 6.42 Å². The highest BCUT2D eigenvalue weighted by atomic mass is 19.3. The predicted octanol–water partition coefficient (Wildman–Crippen LogP) is 1.72. The van der Waals surface area contributed by atoms with Crippen molar-refractivity contribution in [2.24, 2.45) is 5.92 Å². The average molecular weight is 273 g/mol. The van der Waals surface area contributed by atoms with Crippen LogP contribution in [-0.2, 0) is 9.53 Å². The molecule has 2 bridgehead atoms. The molecule has 1 amide bonds. The molecule has 0 aromatic carbocycles. The van der Waals surface area contributed by atoms with Crippen LogP contribution in [0.15, 0.2) is 0 Å². The number of hydrogen-bond acceptors (Lipinski definition) is 2. The second kappa shape index (κ2) is 4.14. The number of hydrogen-bond donors (Lipinski definition) is 0. The Kier molecular flexibility index (Phi) is 2.79. The van der Waals surface area contributed by atoms with Crippen molar-refractivity contribution in [1.82, 2.24) is 4.90 Å². The first-order chi connectivity index (χ1) is 8.96. The lowest BCUT2D eigenvalue weighted by Gasteiger charge is -2.36. The maximum Gasteiger partial charge on any atom is 0.345 e. The lowest BCUT2D eigenvalue weighted by atomic mass is 9.96. The number of piperidine rings is 1. The van der Waals surface area contributed by atoms with E-state index < -0.39 is 30.3 Å². The SMILES string of the molecule is C#C[C@H]1[C@H]2C[C@H](C[C@@H]2OC(F)F)N1C(=O)C1(F)CC1. The summed E-state index contributed by atoms with van der Waals surface area (Å²) >= 11 is 0. The van der Waals surface area contributed by atoms with Gasteiger partial charge in [0.05, 0.1) is 12.1 Å². The second-order valence-electron chi connectivity index (χ2n) is 5.51. The summed E-state index contributed by atoms with van der Waals surface area (Å²) < 4.78 is 43.0. The summed E-state index contributed by atoms with van der Waals surface area (Å²) in [6.07, 6.45) is 6.06. The summed E-state index contributed by atoms with van der Waals surface area (Å²) in [6.45, 7) is -2.84. The van der Waals surface area contributed by atoms with Crippen molar-refractivity contribution in [2.45, 2.75) is 56.2 Å². The Balaban J connectivity index is 1.77. The summed E-state index contributed by atoms with van der Waals surface area (Å²) in [5, 5.41) is 0. The first kappa shape index (κ1) is 12.8. The molecule has 1 saturated heterocycles. The van der Waals surface area contributed by atoms with Crippen LogP contribution < -0.4 is 0 Å². The van der Waals surface area contributed by atoms with Gasteiger partial charge in [-0.05, 0) is 25.7 Å². The van der Waals surface area contributed by atoms with E-state index in [1.54, 1.807) is 0 Å². The van der Waals surface area contributed by atoms with Gasteiger partial charge in [0, 0.05) is 12.0 Å². The third-order valence-electron chi connectivity index (χ3n) is 4.38. The van der Waals surface area contributed by atoms with E-state index in [9.17, 15) is 18.0 Å². The number of terminal acetylenes is 1. The van der Waals surface area contributed by atoms with Gasteiger partial charge in [0.2, 0.25) is 0 Å². The van der Waals surface area contributed by atoms with Gasteiger partial charge in [-0.3, -0.25) is 4.79 Å². The fourth-order valence-corrected chi connectivity index (χ4v) is 3.34. The quantitative estimate of drug-likeness (QED) is 0.733. The molecule has 0 aromatic heterocycles. The first-order valence-electron chi connectivity index (χ1n) is 6.38.